The van der Waals surface area contributed by atoms with Crippen LogP contribution in [0.4, 0.5) is 4.39 Å². The van der Waals surface area contributed by atoms with Crippen molar-refractivity contribution in [3.8, 4) is 6.07 Å². The first-order valence-electron chi connectivity index (χ1n) is 4.32. The zero-order chi connectivity index (χ0) is 10.8. The molecule has 0 bridgehead atoms. The first-order chi connectivity index (χ1) is 6.51. The molecule has 1 rings (SSSR count). The first-order valence-corrected chi connectivity index (χ1v) is 4.32. The number of hydrogen-bond acceptors (Lipinski definition) is 2. The van der Waals surface area contributed by atoms with Gasteiger partial charge in [0.1, 0.15) is 5.82 Å². The number of nitrogens with zero attached hydrogens (tertiary/aromatic N) is 1. The Morgan fingerprint density at radius 3 is 2.64 bits per heavy atom. The van der Waals surface area contributed by atoms with E-state index in [1.165, 1.54) is 12.1 Å². The highest BCUT2D eigenvalue weighted by Gasteiger charge is 2.22. The van der Waals surface area contributed by atoms with Crippen molar-refractivity contribution in [1.29, 1.82) is 5.26 Å². The van der Waals surface area contributed by atoms with Crippen LogP contribution >= 0.6 is 0 Å². The van der Waals surface area contributed by atoms with E-state index in [0.29, 0.717) is 11.1 Å². The maximum atomic E-state index is 12.8. The van der Waals surface area contributed by atoms with Crippen LogP contribution in [0.1, 0.15) is 25.0 Å². The average molecular weight is 193 g/mol. The average Bonchev–Trinajstić information content (AvgIpc) is 2.17. The lowest BCUT2D eigenvalue weighted by Gasteiger charge is -2.19. The Kier molecular flexibility index (Phi) is 2.87. The van der Waals surface area contributed by atoms with E-state index in [9.17, 15) is 4.39 Å². The molecule has 1 N–H and O–H groups in total. The topological polar surface area (TPSA) is 44.0 Å². The minimum absolute atomic E-state index is 0.252. The van der Waals surface area contributed by atoms with Crippen LogP contribution in [-0.2, 0) is 12.0 Å². The molecule has 1 aromatic carbocycles. The summed E-state index contributed by atoms with van der Waals surface area (Å²) in [6.45, 7) is 3.22. The van der Waals surface area contributed by atoms with Gasteiger partial charge in [0.15, 0.2) is 0 Å². The molecule has 0 radical (unpaired) electrons. The number of aliphatic hydroxyl groups is 1. The fourth-order valence-electron chi connectivity index (χ4n) is 1.36. The van der Waals surface area contributed by atoms with E-state index in [-0.39, 0.29) is 6.61 Å². The molecule has 0 aromatic heterocycles. The van der Waals surface area contributed by atoms with Crippen LogP contribution in [0.3, 0.4) is 0 Å². The molecule has 0 saturated carbocycles. The molecule has 0 aliphatic carbocycles. The molecule has 0 aliphatic rings. The molecule has 14 heavy (non-hydrogen) atoms. The zero-order valence-electron chi connectivity index (χ0n) is 8.21. The van der Waals surface area contributed by atoms with E-state index < -0.39 is 11.2 Å². The monoisotopic (exact) mass is 193 g/mol. The number of halogens is 1. The van der Waals surface area contributed by atoms with Crippen molar-refractivity contribution < 1.29 is 9.50 Å². The van der Waals surface area contributed by atoms with Gasteiger partial charge in [0.25, 0.3) is 0 Å². The molecule has 0 amide bonds. The van der Waals surface area contributed by atoms with Gasteiger partial charge in [0.05, 0.1) is 18.1 Å². The van der Waals surface area contributed by atoms with Gasteiger partial charge in [-0.05, 0) is 37.1 Å². The molecule has 3 heteroatoms. The third kappa shape index (κ3) is 1.91. The molecule has 0 fully saturated rings. The Morgan fingerprint density at radius 1 is 1.50 bits per heavy atom. The lowest BCUT2D eigenvalue weighted by Crippen LogP contribution is -2.16. The molecule has 0 aliphatic heterocycles. The molecule has 0 spiro atoms. The number of benzene rings is 1. The lowest BCUT2D eigenvalue weighted by atomic mass is 9.83. The highest BCUT2D eigenvalue weighted by Crippen LogP contribution is 2.26. The van der Waals surface area contributed by atoms with Crippen molar-refractivity contribution in [1.82, 2.24) is 0 Å². The molecule has 0 heterocycles. The van der Waals surface area contributed by atoms with Crippen LogP contribution in [0.25, 0.3) is 0 Å². The van der Waals surface area contributed by atoms with Gasteiger partial charge in [-0.15, -0.1) is 0 Å². The van der Waals surface area contributed by atoms with E-state index in [4.69, 9.17) is 10.4 Å². The van der Waals surface area contributed by atoms with Crippen molar-refractivity contribution in [2.45, 2.75) is 25.9 Å². The largest absolute Gasteiger partial charge is 0.392 e. The Labute approximate surface area is 82.6 Å². The molecule has 0 atom stereocenters. The fraction of sp³-hybridized carbons (Fsp3) is 0.364. The Balaban J connectivity index is 3.29. The second-order valence-corrected chi connectivity index (χ2v) is 3.70. The quantitative estimate of drug-likeness (QED) is 0.781. The molecule has 0 saturated heterocycles. The summed E-state index contributed by atoms with van der Waals surface area (Å²) in [4.78, 5) is 0. The van der Waals surface area contributed by atoms with Gasteiger partial charge in [0, 0.05) is 0 Å². The third-order valence-electron chi connectivity index (χ3n) is 2.19. The van der Waals surface area contributed by atoms with Gasteiger partial charge in [-0.3, -0.25) is 0 Å². The highest BCUT2D eigenvalue weighted by molar-refractivity contribution is 5.37. The summed E-state index contributed by atoms with van der Waals surface area (Å²) in [6.07, 6.45) is 0. The van der Waals surface area contributed by atoms with Crippen LogP contribution in [0.15, 0.2) is 18.2 Å². The maximum Gasteiger partial charge on any atom is 0.123 e. The van der Waals surface area contributed by atoms with Crippen LogP contribution in [0.2, 0.25) is 0 Å². The van der Waals surface area contributed by atoms with Gasteiger partial charge in [-0.25, -0.2) is 4.39 Å². The molecule has 0 unspecified atom stereocenters. The minimum Gasteiger partial charge on any atom is -0.392 e. The number of nitriles is 1. The van der Waals surface area contributed by atoms with Gasteiger partial charge in [-0.1, -0.05) is 6.07 Å². The van der Waals surface area contributed by atoms with Gasteiger partial charge in [0.2, 0.25) is 0 Å². The summed E-state index contributed by atoms with van der Waals surface area (Å²) in [7, 11) is 0. The van der Waals surface area contributed by atoms with E-state index in [0.717, 1.165) is 0 Å². The van der Waals surface area contributed by atoms with Crippen molar-refractivity contribution in [3.05, 3.63) is 35.1 Å². The van der Waals surface area contributed by atoms with Crippen LogP contribution < -0.4 is 0 Å². The van der Waals surface area contributed by atoms with Gasteiger partial charge >= 0.3 is 0 Å². The maximum absolute atomic E-state index is 12.8. The Morgan fingerprint density at radius 2 is 2.14 bits per heavy atom. The predicted octanol–water partition coefficient (Wildman–Crippen LogP) is 2.12. The normalized spacial score (nSPS) is 11.1. The van der Waals surface area contributed by atoms with E-state index in [1.807, 2.05) is 0 Å². The van der Waals surface area contributed by atoms with Crippen molar-refractivity contribution in [2.24, 2.45) is 0 Å². The summed E-state index contributed by atoms with van der Waals surface area (Å²) < 4.78 is 12.8. The Hall–Kier alpha value is -1.40. The number of hydrogen-bond donors (Lipinski definition) is 1. The van der Waals surface area contributed by atoms with Gasteiger partial charge in [-0.2, -0.15) is 5.26 Å². The van der Waals surface area contributed by atoms with E-state index in [2.05, 4.69) is 6.07 Å². The number of aliphatic hydroxyl groups excluding tert-OH is 1. The van der Waals surface area contributed by atoms with Gasteiger partial charge < -0.3 is 5.11 Å². The zero-order valence-corrected chi connectivity index (χ0v) is 8.21. The predicted molar refractivity (Wildman–Crippen MR) is 51.0 cm³/mol. The fourth-order valence-corrected chi connectivity index (χ4v) is 1.36. The molecule has 1 aromatic rings. The highest BCUT2D eigenvalue weighted by atomic mass is 19.1. The van der Waals surface area contributed by atoms with E-state index >= 15 is 0 Å². The van der Waals surface area contributed by atoms with Crippen LogP contribution in [0.5, 0.6) is 0 Å². The third-order valence-corrected chi connectivity index (χ3v) is 2.19. The van der Waals surface area contributed by atoms with E-state index in [1.54, 1.807) is 19.9 Å². The first kappa shape index (κ1) is 10.7. The summed E-state index contributed by atoms with van der Waals surface area (Å²) >= 11 is 0. The number of rotatable bonds is 2. The molecular formula is C11H12FNO. The molecule has 74 valence electrons. The SMILES string of the molecule is CC(C)(C#N)c1ccc(F)cc1CO. The summed E-state index contributed by atoms with van der Waals surface area (Å²) in [5.74, 6) is -0.397. The van der Waals surface area contributed by atoms with Crippen LogP contribution in [-0.4, -0.2) is 5.11 Å². The smallest absolute Gasteiger partial charge is 0.123 e. The van der Waals surface area contributed by atoms with Crippen molar-refractivity contribution in [2.75, 3.05) is 0 Å². The Bertz CT molecular complexity index is 379. The van der Waals surface area contributed by atoms with Crippen molar-refractivity contribution in [3.63, 3.8) is 0 Å². The van der Waals surface area contributed by atoms with Crippen LogP contribution in [0, 0.1) is 17.1 Å². The molecular weight excluding hydrogens is 181 g/mol. The lowest BCUT2D eigenvalue weighted by molar-refractivity contribution is 0.278. The molecule has 2 nitrogen and oxygen atoms in total. The second kappa shape index (κ2) is 3.77. The minimum atomic E-state index is -0.703. The summed E-state index contributed by atoms with van der Waals surface area (Å²) in [6, 6.07) is 6.22. The van der Waals surface area contributed by atoms with Crippen molar-refractivity contribution >= 4 is 0 Å². The second-order valence-electron chi connectivity index (χ2n) is 3.70. The summed E-state index contributed by atoms with van der Waals surface area (Å²) in [5.41, 5.74) is 0.437. The summed E-state index contributed by atoms with van der Waals surface area (Å²) in [5, 5.41) is 17.9. The standard InChI is InChI=1S/C11H12FNO/c1-11(2,7-13)10-4-3-9(12)5-8(10)6-14/h3-5,14H,6H2,1-2H3.